The summed E-state index contributed by atoms with van der Waals surface area (Å²) in [6, 6.07) is 7.59. The maximum Gasteiger partial charge on any atom is 0.191 e. The summed E-state index contributed by atoms with van der Waals surface area (Å²) in [5.74, 6) is 0.597. The molecule has 5 heterocycles. The molecule has 0 radical (unpaired) electrons. The van der Waals surface area contributed by atoms with Gasteiger partial charge in [-0.15, -0.1) is 5.10 Å². The summed E-state index contributed by atoms with van der Waals surface area (Å²) in [5.41, 5.74) is 2.25. The van der Waals surface area contributed by atoms with Gasteiger partial charge in [-0.25, -0.2) is 24.9 Å². The lowest BCUT2D eigenvalue weighted by Gasteiger charge is -2.06. The van der Waals surface area contributed by atoms with Crippen LogP contribution in [-0.4, -0.2) is 40.3 Å². The number of fused-ring (bicyclic) bond motifs is 2. The molecule has 11 heteroatoms. The van der Waals surface area contributed by atoms with Crippen molar-refractivity contribution < 1.29 is 0 Å². The third-order valence-corrected chi connectivity index (χ3v) is 5.20. The van der Waals surface area contributed by atoms with Crippen LogP contribution in [0.15, 0.2) is 53.0 Å². The average Bonchev–Trinajstić information content (AvgIpc) is 3.31. The number of nitrogens with zero attached hydrogens (tertiary/aromatic N) is 7. The van der Waals surface area contributed by atoms with Crippen molar-refractivity contribution in [3.63, 3.8) is 0 Å². The summed E-state index contributed by atoms with van der Waals surface area (Å²) >= 11 is 2.89. The van der Waals surface area contributed by atoms with E-state index in [4.69, 9.17) is 0 Å². The summed E-state index contributed by atoms with van der Waals surface area (Å²) in [6.07, 6.45) is 4.90. The molecule has 26 heavy (non-hydrogen) atoms. The molecule has 5 aromatic rings. The predicted molar refractivity (Wildman–Crippen MR) is 98.5 cm³/mol. The van der Waals surface area contributed by atoms with Gasteiger partial charge in [-0.1, -0.05) is 16.6 Å². The van der Waals surface area contributed by atoms with E-state index in [0.717, 1.165) is 25.9 Å². The maximum absolute atomic E-state index is 4.66. The van der Waals surface area contributed by atoms with Gasteiger partial charge >= 0.3 is 0 Å². The second-order valence-corrected chi connectivity index (χ2v) is 7.17. The van der Waals surface area contributed by atoms with E-state index in [2.05, 4.69) is 45.6 Å². The number of hydrogen-bond acceptors (Lipinski definition) is 10. The van der Waals surface area contributed by atoms with Gasteiger partial charge in [-0.2, -0.15) is 0 Å². The van der Waals surface area contributed by atoms with Gasteiger partial charge in [0, 0.05) is 6.20 Å². The number of aromatic amines is 1. The minimum atomic E-state index is 0.597. The first-order valence-corrected chi connectivity index (χ1v) is 9.13. The molecular formula is C15H9N9S2. The molecule has 0 saturated heterocycles. The molecule has 9 nitrogen and oxygen atoms in total. The van der Waals surface area contributed by atoms with Gasteiger partial charge in [0.25, 0.3) is 0 Å². The van der Waals surface area contributed by atoms with E-state index in [1.807, 2.05) is 24.3 Å². The zero-order chi connectivity index (χ0) is 17.3. The number of pyridine rings is 2. The van der Waals surface area contributed by atoms with Crippen molar-refractivity contribution in [2.75, 3.05) is 5.32 Å². The molecule has 0 bridgehead atoms. The van der Waals surface area contributed by atoms with E-state index in [-0.39, 0.29) is 0 Å². The number of nitrogens with one attached hydrogen (secondary N) is 2. The number of H-pyrrole nitrogens is 1. The van der Waals surface area contributed by atoms with E-state index in [1.165, 1.54) is 29.4 Å². The number of aromatic nitrogens is 8. The fraction of sp³-hybridized carbons (Fsp3) is 0. The van der Waals surface area contributed by atoms with Gasteiger partial charge in [-0.3, -0.25) is 5.10 Å². The van der Waals surface area contributed by atoms with Crippen LogP contribution in [0, 0.1) is 0 Å². The van der Waals surface area contributed by atoms with Crippen molar-refractivity contribution in [1.82, 2.24) is 40.3 Å². The van der Waals surface area contributed by atoms with E-state index in [1.54, 1.807) is 12.4 Å². The summed E-state index contributed by atoms with van der Waals surface area (Å²) in [7, 11) is 0. The summed E-state index contributed by atoms with van der Waals surface area (Å²) in [4.78, 5) is 23.0. The minimum absolute atomic E-state index is 0.597. The molecule has 5 rings (SSSR count). The number of rotatable bonds is 4. The fourth-order valence-corrected chi connectivity index (χ4v) is 3.84. The highest BCUT2D eigenvalue weighted by Gasteiger charge is 2.11. The Hall–Kier alpha value is -3.18. The molecule has 0 aromatic carbocycles. The number of anilines is 2. The molecule has 2 N–H and O–H groups in total. The van der Waals surface area contributed by atoms with Gasteiger partial charge in [0.1, 0.15) is 32.2 Å². The van der Waals surface area contributed by atoms with Crippen LogP contribution in [0.25, 0.3) is 21.4 Å². The lowest BCUT2D eigenvalue weighted by atomic mass is 10.3. The van der Waals surface area contributed by atoms with Crippen molar-refractivity contribution in [3.8, 4) is 0 Å². The molecule has 0 spiro atoms. The summed E-state index contributed by atoms with van der Waals surface area (Å²) in [6.45, 7) is 0. The highest BCUT2D eigenvalue weighted by molar-refractivity contribution is 7.99. The van der Waals surface area contributed by atoms with Crippen LogP contribution in [0.4, 0.5) is 10.9 Å². The van der Waals surface area contributed by atoms with Crippen LogP contribution < -0.4 is 5.32 Å². The summed E-state index contributed by atoms with van der Waals surface area (Å²) in [5, 5.41) is 15.8. The van der Waals surface area contributed by atoms with Crippen LogP contribution >= 0.6 is 23.1 Å². The Morgan fingerprint density at radius 2 is 2.04 bits per heavy atom. The Labute approximate surface area is 154 Å². The molecule has 0 saturated carbocycles. The van der Waals surface area contributed by atoms with Crippen molar-refractivity contribution in [2.24, 2.45) is 0 Å². The predicted octanol–water partition coefficient (Wildman–Crippen LogP) is 3.04. The highest BCUT2D eigenvalue weighted by atomic mass is 32.2. The van der Waals surface area contributed by atoms with Gasteiger partial charge in [0.05, 0.1) is 11.7 Å². The largest absolute Gasteiger partial charge is 0.314 e. The molecule has 0 aliphatic heterocycles. The SMILES string of the molecule is c1cnc2sc(Nc3ncnc4ccc(Sc5cnn[nH]5)nc34)nc2c1. The first-order chi connectivity index (χ1) is 12.8. The standard InChI is InChI=1S/C15H9N9S2/c1-2-9-14(16-5-1)26-15(20-9)22-13-12-8(17-7-18-13)3-4-10(21-12)25-11-6-19-24-23-11/h1-7H,(H,19,23,24)(H,17,18,20,22). The lowest BCUT2D eigenvalue weighted by molar-refractivity contribution is 0.910. The third-order valence-electron chi connectivity index (χ3n) is 3.46. The second-order valence-electron chi connectivity index (χ2n) is 5.13. The fourth-order valence-electron chi connectivity index (χ4n) is 2.35. The Balaban J connectivity index is 1.53. The summed E-state index contributed by atoms with van der Waals surface area (Å²) < 4.78 is 0. The van der Waals surface area contributed by atoms with Gasteiger partial charge in [0.2, 0.25) is 0 Å². The Kier molecular flexibility index (Phi) is 3.65. The zero-order valence-corrected chi connectivity index (χ0v) is 14.6. The van der Waals surface area contributed by atoms with Crippen molar-refractivity contribution in [1.29, 1.82) is 0 Å². The normalized spacial score (nSPS) is 11.2. The molecule has 0 aliphatic rings. The zero-order valence-electron chi connectivity index (χ0n) is 13.0. The first kappa shape index (κ1) is 15.1. The van der Waals surface area contributed by atoms with Gasteiger partial charge < -0.3 is 5.32 Å². The molecule has 5 aromatic heterocycles. The van der Waals surface area contributed by atoms with E-state index in [0.29, 0.717) is 16.5 Å². The molecule has 126 valence electrons. The molecule has 0 amide bonds. The van der Waals surface area contributed by atoms with E-state index < -0.39 is 0 Å². The van der Waals surface area contributed by atoms with E-state index >= 15 is 0 Å². The van der Waals surface area contributed by atoms with E-state index in [9.17, 15) is 0 Å². The van der Waals surface area contributed by atoms with Crippen LogP contribution in [0.5, 0.6) is 0 Å². The smallest absolute Gasteiger partial charge is 0.191 e. The van der Waals surface area contributed by atoms with Crippen molar-refractivity contribution >= 4 is 55.4 Å². The number of thiazole rings is 1. The molecule has 0 atom stereocenters. The van der Waals surface area contributed by atoms with Gasteiger partial charge in [-0.05, 0) is 36.0 Å². The molecule has 0 unspecified atom stereocenters. The van der Waals surface area contributed by atoms with Crippen LogP contribution in [-0.2, 0) is 0 Å². The number of hydrogen-bond donors (Lipinski definition) is 2. The van der Waals surface area contributed by atoms with Crippen molar-refractivity contribution in [3.05, 3.63) is 43.0 Å². The average molecular weight is 379 g/mol. The lowest BCUT2D eigenvalue weighted by Crippen LogP contribution is -1.97. The van der Waals surface area contributed by atoms with Crippen LogP contribution in [0.2, 0.25) is 0 Å². The van der Waals surface area contributed by atoms with Crippen LogP contribution in [0.1, 0.15) is 0 Å². The Bertz CT molecular complexity index is 1170. The topological polar surface area (TPSA) is 118 Å². The van der Waals surface area contributed by atoms with Gasteiger partial charge in [0.15, 0.2) is 10.9 Å². The van der Waals surface area contributed by atoms with Crippen LogP contribution in [0.3, 0.4) is 0 Å². The highest BCUT2D eigenvalue weighted by Crippen LogP contribution is 2.30. The molecule has 0 aliphatic carbocycles. The quantitative estimate of drug-likeness (QED) is 0.485. The maximum atomic E-state index is 4.66. The second kappa shape index (κ2) is 6.28. The van der Waals surface area contributed by atoms with Crippen molar-refractivity contribution in [2.45, 2.75) is 10.1 Å². The Morgan fingerprint density at radius 3 is 2.92 bits per heavy atom. The molecule has 0 fully saturated rings. The first-order valence-electron chi connectivity index (χ1n) is 7.49. The third kappa shape index (κ3) is 2.82. The molecular weight excluding hydrogens is 370 g/mol. The monoisotopic (exact) mass is 379 g/mol. The minimum Gasteiger partial charge on any atom is -0.314 e. The Morgan fingerprint density at radius 1 is 1.04 bits per heavy atom.